The standard InChI is InChI=1S/C24H25F3N6O2/c1-4-5-18(28-3)14-8-15(24(25,26)27)10-17(9-14)31-22-29-12-13(2)21(33-22)30-16-6-7-20-19(11-16)32-23(34)35-20/h6-12,18,28H,4-5H2,1-3H3,(H,32,34)(H2,29,30,31,33). The molecule has 2 aromatic heterocycles. The second-order valence-electron chi connectivity index (χ2n) is 8.17. The molecule has 1 atom stereocenters. The Kier molecular flexibility index (Phi) is 6.79. The molecule has 1 unspecified atom stereocenters. The van der Waals surface area contributed by atoms with Crippen LogP contribution in [0.25, 0.3) is 11.1 Å². The summed E-state index contributed by atoms with van der Waals surface area (Å²) in [5, 5.41) is 9.14. The van der Waals surface area contributed by atoms with E-state index >= 15 is 0 Å². The molecular formula is C24H25F3N6O2. The van der Waals surface area contributed by atoms with Crippen LogP contribution >= 0.6 is 0 Å². The van der Waals surface area contributed by atoms with E-state index in [0.717, 1.165) is 18.1 Å². The highest BCUT2D eigenvalue weighted by Gasteiger charge is 2.32. The van der Waals surface area contributed by atoms with Crippen molar-refractivity contribution in [2.24, 2.45) is 0 Å². The van der Waals surface area contributed by atoms with Gasteiger partial charge in [-0.25, -0.2) is 9.78 Å². The molecule has 11 heteroatoms. The van der Waals surface area contributed by atoms with E-state index in [1.165, 1.54) is 6.07 Å². The number of nitrogens with zero attached hydrogens (tertiary/aromatic N) is 2. The van der Waals surface area contributed by atoms with Crippen LogP contribution in [0.2, 0.25) is 0 Å². The Labute approximate surface area is 199 Å². The van der Waals surface area contributed by atoms with Gasteiger partial charge in [0.1, 0.15) is 5.82 Å². The number of nitrogens with one attached hydrogen (secondary N) is 4. The lowest BCUT2D eigenvalue weighted by Crippen LogP contribution is -2.17. The summed E-state index contributed by atoms with van der Waals surface area (Å²) >= 11 is 0. The number of hydrogen-bond acceptors (Lipinski definition) is 7. The smallest absolute Gasteiger partial charge is 0.408 e. The second-order valence-corrected chi connectivity index (χ2v) is 8.17. The SMILES string of the molecule is CCCC(NC)c1cc(Nc2ncc(C)c(Nc3ccc4oc(=O)[nH]c4c3)n2)cc(C(F)(F)F)c1. The summed E-state index contributed by atoms with van der Waals surface area (Å²) < 4.78 is 45.8. The molecule has 8 nitrogen and oxygen atoms in total. The summed E-state index contributed by atoms with van der Waals surface area (Å²) in [5.41, 5.74) is 2.32. The van der Waals surface area contributed by atoms with Gasteiger partial charge in [-0.1, -0.05) is 13.3 Å². The van der Waals surface area contributed by atoms with E-state index < -0.39 is 17.5 Å². The minimum atomic E-state index is -4.50. The number of hydrogen-bond donors (Lipinski definition) is 4. The van der Waals surface area contributed by atoms with Crippen molar-refractivity contribution in [1.82, 2.24) is 20.3 Å². The molecule has 0 aliphatic heterocycles. The Morgan fingerprint density at radius 2 is 1.91 bits per heavy atom. The summed E-state index contributed by atoms with van der Waals surface area (Å²) in [5.74, 6) is 0.0402. The number of aryl methyl sites for hydroxylation is 1. The van der Waals surface area contributed by atoms with Crippen LogP contribution in [0, 0.1) is 6.92 Å². The minimum absolute atomic E-state index is 0.137. The van der Waals surface area contributed by atoms with E-state index in [2.05, 4.69) is 30.9 Å². The number of anilines is 4. The fraction of sp³-hybridized carbons (Fsp3) is 0.292. The molecular weight excluding hydrogens is 461 g/mol. The van der Waals surface area contributed by atoms with Gasteiger partial charge in [-0.15, -0.1) is 0 Å². The van der Waals surface area contributed by atoms with Gasteiger partial charge < -0.3 is 20.4 Å². The topological polar surface area (TPSA) is 108 Å². The lowest BCUT2D eigenvalue weighted by Gasteiger charge is -2.19. The monoisotopic (exact) mass is 486 g/mol. The van der Waals surface area contributed by atoms with Crippen LogP contribution in [0.3, 0.4) is 0 Å². The number of halogens is 3. The first-order valence-electron chi connectivity index (χ1n) is 11.1. The summed E-state index contributed by atoms with van der Waals surface area (Å²) in [4.78, 5) is 22.7. The van der Waals surface area contributed by atoms with Crippen molar-refractivity contribution in [1.29, 1.82) is 0 Å². The van der Waals surface area contributed by atoms with Crippen LogP contribution in [0.15, 0.2) is 51.8 Å². The molecule has 4 aromatic rings. The van der Waals surface area contributed by atoms with E-state index in [1.54, 1.807) is 44.4 Å². The van der Waals surface area contributed by atoms with Crippen LogP contribution < -0.4 is 21.7 Å². The summed E-state index contributed by atoms with van der Waals surface area (Å²) in [6.07, 6.45) is -1.42. The van der Waals surface area contributed by atoms with Gasteiger partial charge in [-0.3, -0.25) is 4.98 Å². The first-order chi connectivity index (χ1) is 16.7. The molecule has 0 radical (unpaired) electrons. The molecule has 35 heavy (non-hydrogen) atoms. The van der Waals surface area contributed by atoms with E-state index in [9.17, 15) is 18.0 Å². The Bertz CT molecular complexity index is 1400. The highest BCUT2D eigenvalue weighted by Crippen LogP contribution is 2.35. The Morgan fingerprint density at radius 3 is 2.63 bits per heavy atom. The number of alkyl halides is 3. The fourth-order valence-electron chi connectivity index (χ4n) is 3.78. The number of H-pyrrole nitrogens is 1. The minimum Gasteiger partial charge on any atom is -0.408 e. The molecule has 0 amide bonds. The van der Waals surface area contributed by atoms with Crippen LogP contribution in [0.1, 0.15) is 42.5 Å². The molecule has 0 bridgehead atoms. The zero-order valence-electron chi connectivity index (χ0n) is 19.4. The number of fused-ring (bicyclic) bond motifs is 1. The molecule has 0 spiro atoms. The summed E-state index contributed by atoms with van der Waals surface area (Å²) in [6.45, 7) is 3.78. The van der Waals surface area contributed by atoms with Gasteiger partial charge in [0.15, 0.2) is 5.58 Å². The van der Waals surface area contributed by atoms with Crippen molar-refractivity contribution in [3.63, 3.8) is 0 Å². The number of rotatable bonds is 8. The summed E-state index contributed by atoms with van der Waals surface area (Å²) in [7, 11) is 1.73. The molecule has 0 aliphatic rings. The Morgan fingerprint density at radius 1 is 1.11 bits per heavy atom. The third-order valence-electron chi connectivity index (χ3n) is 5.52. The third-order valence-corrected chi connectivity index (χ3v) is 5.52. The number of benzene rings is 2. The molecule has 4 N–H and O–H groups in total. The highest BCUT2D eigenvalue weighted by molar-refractivity contribution is 5.78. The number of aromatic nitrogens is 3. The van der Waals surface area contributed by atoms with Gasteiger partial charge in [-0.2, -0.15) is 18.2 Å². The molecule has 0 aliphatic carbocycles. The maximum Gasteiger partial charge on any atom is 0.417 e. The molecule has 0 saturated heterocycles. The zero-order valence-corrected chi connectivity index (χ0v) is 19.4. The largest absolute Gasteiger partial charge is 0.417 e. The van der Waals surface area contributed by atoms with E-state index in [0.29, 0.717) is 34.6 Å². The van der Waals surface area contributed by atoms with Crippen LogP contribution in [-0.2, 0) is 6.18 Å². The first-order valence-corrected chi connectivity index (χ1v) is 11.1. The van der Waals surface area contributed by atoms with Crippen molar-refractivity contribution in [3.8, 4) is 0 Å². The van der Waals surface area contributed by atoms with Crippen LogP contribution in [0.5, 0.6) is 0 Å². The molecule has 2 aromatic carbocycles. The van der Waals surface area contributed by atoms with Gasteiger partial charge in [0.2, 0.25) is 5.95 Å². The quantitative estimate of drug-likeness (QED) is 0.250. The number of aromatic amines is 1. The van der Waals surface area contributed by atoms with Crippen molar-refractivity contribution >= 4 is 34.2 Å². The van der Waals surface area contributed by atoms with Crippen molar-refractivity contribution in [3.05, 3.63) is 69.8 Å². The maximum atomic E-state index is 13.6. The highest BCUT2D eigenvalue weighted by atomic mass is 19.4. The molecule has 4 rings (SSSR count). The molecule has 2 heterocycles. The van der Waals surface area contributed by atoms with E-state index in [1.807, 2.05) is 6.92 Å². The number of oxazole rings is 1. The van der Waals surface area contributed by atoms with Gasteiger partial charge in [-0.05, 0) is 62.4 Å². The average molecular weight is 486 g/mol. The summed E-state index contributed by atoms with van der Waals surface area (Å²) in [6, 6.07) is 8.72. The van der Waals surface area contributed by atoms with Gasteiger partial charge in [0.05, 0.1) is 11.1 Å². The first kappa shape index (κ1) is 24.3. The molecule has 184 valence electrons. The lowest BCUT2D eigenvalue weighted by molar-refractivity contribution is -0.137. The maximum absolute atomic E-state index is 13.6. The van der Waals surface area contributed by atoms with Gasteiger partial charge in [0.25, 0.3) is 0 Å². The van der Waals surface area contributed by atoms with E-state index in [4.69, 9.17) is 4.42 Å². The van der Waals surface area contributed by atoms with Crippen LogP contribution in [-0.4, -0.2) is 22.0 Å². The van der Waals surface area contributed by atoms with Gasteiger partial charge in [0, 0.05) is 29.2 Å². The van der Waals surface area contributed by atoms with Crippen molar-refractivity contribution in [2.75, 3.05) is 17.7 Å². The zero-order chi connectivity index (χ0) is 25.2. The Hall–Kier alpha value is -3.86. The van der Waals surface area contributed by atoms with Crippen LogP contribution in [0.4, 0.5) is 36.3 Å². The third kappa shape index (κ3) is 5.62. The normalized spacial score (nSPS) is 12.6. The lowest BCUT2D eigenvalue weighted by atomic mass is 9.99. The second kappa shape index (κ2) is 9.79. The van der Waals surface area contributed by atoms with E-state index in [-0.39, 0.29) is 17.7 Å². The van der Waals surface area contributed by atoms with Crippen molar-refractivity contribution in [2.45, 2.75) is 38.9 Å². The predicted octanol–water partition coefficient (Wildman–Crippen LogP) is 5.79. The average Bonchev–Trinajstić information content (AvgIpc) is 3.18. The predicted molar refractivity (Wildman–Crippen MR) is 128 cm³/mol. The molecule has 0 fully saturated rings. The van der Waals surface area contributed by atoms with Crippen molar-refractivity contribution < 1.29 is 17.6 Å². The fourth-order valence-corrected chi connectivity index (χ4v) is 3.78. The van der Waals surface area contributed by atoms with Gasteiger partial charge >= 0.3 is 11.9 Å². The molecule has 0 saturated carbocycles. The Balaban J connectivity index is 1.64.